The topological polar surface area (TPSA) is 68.2 Å². The lowest BCUT2D eigenvalue weighted by molar-refractivity contribution is -0.135. The molecule has 128 valence electrons. The van der Waals surface area contributed by atoms with Crippen molar-refractivity contribution in [1.82, 2.24) is 5.01 Å². The molecule has 25 heavy (non-hydrogen) atoms. The molecular weight excluding hydrogens is 320 g/mol. The molecule has 1 heterocycles. The third-order valence-electron chi connectivity index (χ3n) is 3.69. The summed E-state index contributed by atoms with van der Waals surface area (Å²) in [6.45, 7) is 4.77. The number of hydrazone groups is 1. The Hall–Kier alpha value is -3.15. The Morgan fingerprint density at radius 2 is 1.68 bits per heavy atom. The van der Waals surface area contributed by atoms with Crippen LogP contribution in [0, 0.1) is 6.92 Å². The van der Waals surface area contributed by atoms with Crippen LogP contribution in [-0.2, 0) is 14.3 Å². The molecule has 0 radical (unpaired) electrons. The van der Waals surface area contributed by atoms with Crippen molar-refractivity contribution in [1.29, 1.82) is 0 Å². The van der Waals surface area contributed by atoms with E-state index in [9.17, 15) is 9.59 Å². The lowest BCUT2D eigenvalue weighted by Gasteiger charge is -2.19. The van der Waals surface area contributed by atoms with Crippen molar-refractivity contribution in [3.63, 3.8) is 0 Å². The van der Waals surface area contributed by atoms with Crippen LogP contribution in [0.2, 0.25) is 0 Å². The van der Waals surface area contributed by atoms with Gasteiger partial charge in [0, 0.05) is 25.0 Å². The highest BCUT2D eigenvalue weighted by atomic mass is 16.5. The Morgan fingerprint density at radius 3 is 2.24 bits per heavy atom. The SMILES string of the molecule is CC(=O)Oc1ccc(C2OC(c3ccc(C)cc3)=NN2C(C)=O)cc1. The summed E-state index contributed by atoms with van der Waals surface area (Å²) < 4.78 is 10.9. The zero-order valence-corrected chi connectivity index (χ0v) is 14.2. The van der Waals surface area contributed by atoms with E-state index in [1.807, 2.05) is 31.2 Å². The number of carbonyl (C=O) groups excluding carboxylic acids is 2. The van der Waals surface area contributed by atoms with Crippen molar-refractivity contribution in [2.24, 2.45) is 5.10 Å². The predicted molar refractivity (Wildman–Crippen MR) is 91.8 cm³/mol. The van der Waals surface area contributed by atoms with Crippen LogP contribution < -0.4 is 4.74 Å². The van der Waals surface area contributed by atoms with Gasteiger partial charge in [0.15, 0.2) is 0 Å². The third-order valence-corrected chi connectivity index (χ3v) is 3.69. The highest BCUT2D eigenvalue weighted by molar-refractivity contribution is 5.96. The minimum atomic E-state index is -0.653. The van der Waals surface area contributed by atoms with Crippen LogP contribution in [0.15, 0.2) is 53.6 Å². The van der Waals surface area contributed by atoms with E-state index < -0.39 is 6.23 Å². The van der Waals surface area contributed by atoms with Gasteiger partial charge in [0.1, 0.15) is 5.75 Å². The monoisotopic (exact) mass is 338 g/mol. The van der Waals surface area contributed by atoms with Crippen LogP contribution in [0.5, 0.6) is 5.75 Å². The molecule has 1 aliphatic heterocycles. The average Bonchev–Trinajstić information content (AvgIpc) is 3.01. The molecule has 0 spiro atoms. The number of hydrogen-bond acceptors (Lipinski definition) is 5. The fourth-order valence-corrected chi connectivity index (χ4v) is 2.46. The zero-order chi connectivity index (χ0) is 18.0. The van der Waals surface area contributed by atoms with Crippen molar-refractivity contribution in [2.45, 2.75) is 27.0 Å². The van der Waals surface area contributed by atoms with Crippen LogP contribution in [0.1, 0.15) is 36.8 Å². The molecule has 0 saturated carbocycles. The predicted octanol–water partition coefficient (Wildman–Crippen LogP) is 3.16. The first-order valence-corrected chi connectivity index (χ1v) is 7.84. The number of benzene rings is 2. The Morgan fingerprint density at radius 1 is 1.04 bits per heavy atom. The number of amides is 1. The van der Waals surface area contributed by atoms with Gasteiger partial charge in [0.05, 0.1) is 0 Å². The van der Waals surface area contributed by atoms with E-state index in [2.05, 4.69) is 5.10 Å². The maximum absolute atomic E-state index is 11.9. The molecule has 2 aromatic carbocycles. The molecule has 2 aromatic rings. The van der Waals surface area contributed by atoms with E-state index in [4.69, 9.17) is 9.47 Å². The molecule has 0 aromatic heterocycles. The first kappa shape index (κ1) is 16.7. The third kappa shape index (κ3) is 3.68. The van der Waals surface area contributed by atoms with E-state index in [-0.39, 0.29) is 11.9 Å². The van der Waals surface area contributed by atoms with Gasteiger partial charge in [-0.2, -0.15) is 5.01 Å². The number of aryl methyl sites for hydroxylation is 1. The lowest BCUT2D eigenvalue weighted by Crippen LogP contribution is -2.25. The number of nitrogens with zero attached hydrogens (tertiary/aromatic N) is 2. The molecule has 6 heteroatoms. The minimum absolute atomic E-state index is 0.226. The maximum Gasteiger partial charge on any atom is 0.308 e. The second-order valence-corrected chi connectivity index (χ2v) is 5.77. The number of carbonyl (C=O) groups is 2. The van der Waals surface area contributed by atoms with Crippen LogP contribution in [0.3, 0.4) is 0 Å². The smallest absolute Gasteiger partial charge is 0.308 e. The van der Waals surface area contributed by atoms with Crippen molar-refractivity contribution in [2.75, 3.05) is 0 Å². The van der Waals surface area contributed by atoms with Crippen molar-refractivity contribution >= 4 is 17.8 Å². The molecule has 0 aliphatic carbocycles. The summed E-state index contributed by atoms with van der Waals surface area (Å²) in [4.78, 5) is 22.9. The zero-order valence-electron chi connectivity index (χ0n) is 14.2. The van der Waals surface area contributed by atoms with Gasteiger partial charge >= 0.3 is 5.97 Å². The number of esters is 1. The van der Waals surface area contributed by atoms with Gasteiger partial charge in [-0.3, -0.25) is 9.59 Å². The molecule has 1 aliphatic rings. The molecule has 1 atom stereocenters. The first-order chi connectivity index (χ1) is 11.9. The molecule has 0 N–H and O–H groups in total. The second kappa shape index (κ2) is 6.76. The number of ether oxygens (including phenoxy) is 2. The minimum Gasteiger partial charge on any atom is -0.446 e. The summed E-state index contributed by atoms with van der Waals surface area (Å²) in [7, 11) is 0. The second-order valence-electron chi connectivity index (χ2n) is 5.77. The molecule has 0 bridgehead atoms. The van der Waals surface area contributed by atoms with E-state index in [0.717, 1.165) is 16.7 Å². The largest absolute Gasteiger partial charge is 0.446 e. The molecule has 3 rings (SSSR count). The fraction of sp³-hybridized carbons (Fsp3) is 0.211. The average molecular weight is 338 g/mol. The highest BCUT2D eigenvalue weighted by Gasteiger charge is 2.33. The fourth-order valence-electron chi connectivity index (χ4n) is 2.46. The van der Waals surface area contributed by atoms with E-state index >= 15 is 0 Å². The molecule has 1 unspecified atom stereocenters. The van der Waals surface area contributed by atoms with Crippen LogP contribution >= 0.6 is 0 Å². The maximum atomic E-state index is 11.9. The molecular formula is C19H18N2O4. The summed E-state index contributed by atoms with van der Waals surface area (Å²) >= 11 is 0. The van der Waals surface area contributed by atoms with Crippen molar-refractivity contribution in [3.8, 4) is 5.75 Å². The Labute approximate surface area is 145 Å². The summed E-state index contributed by atoms with van der Waals surface area (Å²) in [6, 6.07) is 14.5. The van der Waals surface area contributed by atoms with Gasteiger partial charge in [-0.1, -0.05) is 17.7 Å². The Bertz CT molecular complexity index is 826. The molecule has 1 amide bonds. The molecule has 6 nitrogen and oxygen atoms in total. The number of rotatable bonds is 3. The summed E-state index contributed by atoms with van der Waals surface area (Å²) in [6.07, 6.45) is -0.653. The Balaban J connectivity index is 1.85. The van der Waals surface area contributed by atoms with Crippen molar-refractivity contribution < 1.29 is 19.1 Å². The normalized spacial score (nSPS) is 16.2. The van der Waals surface area contributed by atoms with Crippen LogP contribution in [0.25, 0.3) is 0 Å². The number of hydrogen-bond donors (Lipinski definition) is 0. The first-order valence-electron chi connectivity index (χ1n) is 7.84. The van der Waals surface area contributed by atoms with Crippen LogP contribution in [-0.4, -0.2) is 22.8 Å². The summed E-state index contributed by atoms with van der Waals surface area (Å²) in [5.41, 5.74) is 2.66. The summed E-state index contributed by atoms with van der Waals surface area (Å²) in [5.74, 6) is 0.212. The van der Waals surface area contributed by atoms with Gasteiger partial charge in [-0.25, -0.2) is 0 Å². The molecule has 0 fully saturated rings. The standard InChI is InChI=1S/C19H18N2O4/c1-12-4-6-15(7-5-12)18-20-21(13(2)22)19(25-18)16-8-10-17(11-9-16)24-14(3)23/h4-11,19H,1-3H3. The van der Waals surface area contributed by atoms with Gasteiger partial charge in [-0.15, -0.1) is 5.10 Å². The van der Waals surface area contributed by atoms with E-state index in [1.54, 1.807) is 24.3 Å². The lowest BCUT2D eigenvalue weighted by atomic mass is 10.1. The quantitative estimate of drug-likeness (QED) is 0.637. The van der Waals surface area contributed by atoms with Gasteiger partial charge < -0.3 is 9.47 Å². The van der Waals surface area contributed by atoms with Crippen molar-refractivity contribution in [3.05, 3.63) is 65.2 Å². The van der Waals surface area contributed by atoms with Gasteiger partial charge in [0.2, 0.25) is 18.0 Å². The highest BCUT2D eigenvalue weighted by Crippen LogP contribution is 2.31. The van der Waals surface area contributed by atoms with E-state index in [0.29, 0.717) is 11.6 Å². The molecule has 0 saturated heterocycles. The van der Waals surface area contributed by atoms with Crippen LogP contribution in [0.4, 0.5) is 0 Å². The van der Waals surface area contributed by atoms with E-state index in [1.165, 1.54) is 18.9 Å². The van der Waals surface area contributed by atoms with Gasteiger partial charge in [0.25, 0.3) is 0 Å². The Kier molecular flexibility index (Phi) is 4.52. The van der Waals surface area contributed by atoms with Gasteiger partial charge in [-0.05, 0) is 43.3 Å². The summed E-state index contributed by atoms with van der Waals surface area (Å²) in [5, 5.41) is 5.61.